The summed E-state index contributed by atoms with van der Waals surface area (Å²) < 4.78 is 7.20. The molecule has 0 bridgehead atoms. The molecule has 6 nitrogen and oxygen atoms in total. The Kier molecular flexibility index (Phi) is 3.68. The zero-order chi connectivity index (χ0) is 14.0. The summed E-state index contributed by atoms with van der Waals surface area (Å²) in [7, 11) is 0. The molecule has 1 atom stereocenters. The first-order valence-corrected chi connectivity index (χ1v) is 6.59. The number of carbonyl (C=O) groups excluding carboxylic acids is 1. The maximum absolute atomic E-state index is 11.9. The highest BCUT2D eigenvalue weighted by Gasteiger charge is 2.29. The van der Waals surface area contributed by atoms with Crippen molar-refractivity contribution in [2.75, 3.05) is 18.8 Å². The second kappa shape index (κ2) is 5.11. The number of likely N-dealkylation sites (tertiary alicyclic amines) is 1. The van der Waals surface area contributed by atoms with Gasteiger partial charge >= 0.3 is 6.09 Å². The molecule has 2 heterocycles. The lowest BCUT2D eigenvalue weighted by Gasteiger charge is -2.24. The van der Waals surface area contributed by atoms with Crippen molar-refractivity contribution in [3.05, 3.63) is 12.4 Å². The predicted octanol–water partition coefficient (Wildman–Crippen LogP) is 1.72. The van der Waals surface area contributed by atoms with Gasteiger partial charge in [-0.1, -0.05) is 0 Å². The van der Waals surface area contributed by atoms with E-state index in [-0.39, 0.29) is 6.09 Å². The van der Waals surface area contributed by atoms with Crippen molar-refractivity contribution >= 4 is 11.8 Å². The molecule has 1 aliphatic rings. The summed E-state index contributed by atoms with van der Waals surface area (Å²) >= 11 is 0. The molecular formula is C13H22N4O2. The van der Waals surface area contributed by atoms with Gasteiger partial charge in [0, 0.05) is 25.8 Å². The summed E-state index contributed by atoms with van der Waals surface area (Å²) in [6.07, 6.45) is 4.20. The SMILES string of the molecule is CC(C)(C)OC(=O)N1CCC(Cn2cc(N)cn2)C1. The highest BCUT2D eigenvalue weighted by Crippen LogP contribution is 2.20. The fraction of sp³-hybridized carbons (Fsp3) is 0.692. The number of anilines is 1. The lowest BCUT2D eigenvalue weighted by atomic mass is 10.1. The summed E-state index contributed by atoms with van der Waals surface area (Å²) in [4.78, 5) is 13.7. The molecule has 0 saturated carbocycles. The number of aromatic nitrogens is 2. The summed E-state index contributed by atoms with van der Waals surface area (Å²) in [5.74, 6) is 0.409. The van der Waals surface area contributed by atoms with Gasteiger partial charge in [0.15, 0.2) is 0 Å². The summed E-state index contributed by atoms with van der Waals surface area (Å²) in [6, 6.07) is 0. The standard InChI is InChI=1S/C13H22N4O2/c1-13(2,3)19-12(18)16-5-4-10(7-16)8-17-9-11(14)6-15-17/h6,9-10H,4-5,7-8,14H2,1-3H3. The number of hydrogen-bond donors (Lipinski definition) is 1. The molecule has 19 heavy (non-hydrogen) atoms. The van der Waals surface area contributed by atoms with E-state index in [0.29, 0.717) is 18.2 Å². The number of ether oxygens (including phenoxy) is 1. The van der Waals surface area contributed by atoms with Crippen molar-refractivity contribution in [2.24, 2.45) is 5.92 Å². The third-order valence-electron chi connectivity index (χ3n) is 3.04. The van der Waals surface area contributed by atoms with Gasteiger partial charge in [0.1, 0.15) is 5.60 Å². The zero-order valence-electron chi connectivity index (χ0n) is 11.8. The van der Waals surface area contributed by atoms with Gasteiger partial charge in [0.2, 0.25) is 0 Å². The Morgan fingerprint density at radius 2 is 2.32 bits per heavy atom. The zero-order valence-corrected chi connectivity index (χ0v) is 11.8. The van der Waals surface area contributed by atoms with Crippen LogP contribution in [0.4, 0.5) is 10.5 Å². The molecule has 0 aliphatic carbocycles. The minimum Gasteiger partial charge on any atom is -0.444 e. The Bertz CT molecular complexity index is 450. The molecule has 1 saturated heterocycles. The van der Waals surface area contributed by atoms with Gasteiger partial charge in [0.05, 0.1) is 11.9 Å². The van der Waals surface area contributed by atoms with Crippen molar-refractivity contribution in [1.82, 2.24) is 14.7 Å². The molecule has 1 aliphatic heterocycles. The van der Waals surface area contributed by atoms with Crippen molar-refractivity contribution in [3.63, 3.8) is 0 Å². The van der Waals surface area contributed by atoms with E-state index in [0.717, 1.165) is 19.5 Å². The highest BCUT2D eigenvalue weighted by molar-refractivity contribution is 5.68. The second-order valence-electron chi connectivity index (χ2n) is 6.08. The lowest BCUT2D eigenvalue weighted by molar-refractivity contribution is 0.0287. The van der Waals surface area contributed by atoms with Crippen molar-refractivity contribution < 1.29 is 9.53 Å². The third kappa shape index (κ3) is 3.87. The third-order valence-corrected chi connectivity index (χ3v) is 3.04. The van der Waals surface area contributed by atoms with Crippen LogP contribution in [0.5, 0.6) is 0 Å². The summed E-state index contributed by atoms with van der Waals surface area (Å²) in [5, 5.41) is 4.17. The van der Waals surface area contributed by atoms with E-state index >= 15 is 0 Å². The molecule has 0 radical (unpaired) electrons. The van der Waals surface area contributed by atoms with Gasteiger partial charge in [-0.05, 0) is 33.1 Å². The fourth-order valence-corrected chi connectivity index (χ4v) is 2.22. The van der Waals surface area contributed by atoms with Gasteiger partial charge in [0.25, 0.3) is 0 Å². The minimum absolute atomic E-state index is 0.227. The van der Waals surface area contributed by atoms with Crippen molar-refractivity contribution in [1.29, 1.82) is 0 Å². The van der Waals surface area contributed by atoms with E-state index in [1.807, 2.05) is 31.6 Å². The van der Waals surface area contributed by atoms with Crippen LogP contribution < -0.4 is 5.73 Å². The summed E-state index contributed by atoms with van der Waals surface area (Å²) in [5.41, 5.74) is 5.86. The molecule has 106 valence electrons. The lowest BCUT2D eigenvalue weighted by Crippen LogP contribution is -2.35. The Morgan fingerprint density at radius 3 is 2.89 bits per heavy atom. The van der Waals surface area contributed by atoms with E-state index < -0.39 is 5.60 Å². The Morgan fingerprint density at radius 1 is 1.58 bits per heavy atom. The number of hydrogen-bond acceptors (Lipinski definition) is 4. The van der Waals surface area contributed by atoms with Crippen LogP contribution in [0.1, 0.15) is 27.2 Å². The van der Waals surface area contributed by atoms with Gasteiger partial charge < -0.3 is 15.4 Å². The molecule has 1 fully saturated rings. The Balaban J connectivity index is 1.84. The van der Waals surface area contributed by atoms with Crippen LogP contribution in [0.2, 0.25) is 0 Å². The van der Waals surface area contributed by atoms with E-state index in [1.54, 1.807) is 11.1 Å². The normalized spacial score (nSPS) is 19.7. The van der Waals surface area contributed by atoms with Crippen LogP contribution in [0, 0.1) is 5.92 Å². The summed E-state index contributed by atoms with van der Waals surface area (Å²) in [6.45, 7) is 7.89. The number of nitrogens with two attached hydrogens (primary N) is 1. The van der Waals surface area contributed by atoms with Gasteiger partial charge in [-0.15, -0.1) is 0 Å². The number of rotatable bonds is 2. The minimum atomic E-state index is -0.439. The maximum Gasteiger partial charge on any atom is 0.410 e. The molecule has 1 unspecified atom stereocenters. The molecule has 0 aromatic carbocycles. The molecule has 1 aromatic rings. The smallest absolute Gasteiger partial charge is 0.410 e. The second-order valence-corrected chi connectivity index (χ2v) is 6.08. The maximum atomic E-state index is 11.9. The number of carbonyl (C=O) groups is 1. The Hall–Kier alpha value is -1.72. The fourth-order valence-electron chi connectivity index (χ4n) is 2.22. The number of amides is 1. The molecular weight excluding hydrogens is 244 g/mol. The molecule has 1 aromatic heterocycles. The highest BCUT2D eigenvalue weighted by atomic mass is 16.6. The monoisotopic (exact) mass is 266 g/mol. The van der Waals surface area contributed by atoms with Gasteiger partial charge in [-0.25, -0.2) is 4.79 Å². The van der Waals surface area contributed by atoms with E-state index in [2.05, 4.69) is 5.10 Å². The van der Waals surface area contributed by atoms with Crippen LogP contribution >= 0.6 is 0 Å². The molecule has 6 heteroatoms. The topological polar surface area (TPSA) is 73.4 Å². The largest absolute Gasteiger partial charge is 0.444 e. The number of nitrogens with zero attached hydrogens (tertiary/aromatic N) is 3. The number of nitrogen functional groups attached to an aromatic ring is 1. The van der Waals surface area contributed by atoms with E-state index in [1.165, 1.54) is 0 Å². The van der Waals surface area contributed by atoms with Crippen molar-refractivity contribution in [3.8, 4) is 0 Å². The quantitative estimate of drug-likeness (QED) is 0.884. The van der Waals surface area contributed by atoms with Crippen LogP contribution in [-0.4, -0.2) is 39.5 Å². The van der Waals surface area contributed by atoms with Crippen LogP contribution in [0.15, 0.2) is 12.4 Å². The van der Waals surface area contributed by atoms with Crippen LogP contribution in [0.25, 0.3) is 0 Å². The first-order valence-electron chi connectivity index (χ1n) is 6.59. The molecule has 2 rings (SSSR count). The average molecular weight is 266 g/mol. The average Bonchev–Trinajstić information content (AvgIpc) is 2.86. The van der Waals surface area contributed by atoms with Gasteiger partial charge in [-0.2, -0.15) is 5.10 Å². The van der Waals surface area contributed by atoms with Gasteiger partial charge in [-0.3, -0.25) is 4.68 Å². The van der Waals surface area contributed by atoms with Crippen molar-refractivity contribution in [2.45, 2.75) is 39.3 Å². The molecule has 2 N–H and O–H groups in total. The van der Waals surface area contributed by atoms with Crippen LogP contribution in [0.3, 0.4) is 0 Å². The molecule has 1 amide bonds. The Labute approximate surface area is 113 Å². The van der Waals surface area contributed by atoms with E-state index in [9.17, 15) is 4.79 Å². The van der Waals surface area contributed by atoms with E-state index in [4.69, 9.17) is 10.5 Å². The van der Waals surface area contributed by atoms with Crippen LogP contribution in [-0.2, 0) is 11.3 Å². The molecule has 0 spiro atoms. The first-order chi connectivity index (χ1) is 8.83. The first kappa shape index (κ1) is 13.7. The predicted molar refractivity (Wildman–Crippen MR) is 72.6 cm³/mol.